The van der Waals surface area contributed by atoms with E-state index in [1.54, 1.807) is 7.05 Å². The van der Waals surface area contributed by atoms with E-state index in [1.807, 2.05) is 6.92 Å². The van der Waals surface area contributed by atoms with Gasteiger partial charge in [-0.05, 0) is 37.8 Å². The van der Waals surface area contributed by atoms with Crippen LogP contribution in [-0.2, 0) is 14.9 Å². The van der Waals surface area contributed by atoms with Gasteiger partial charge in [0.15, 0.2) is 0 Å². The lowest BCUT2D eigenvalue weighted by molar-refractivity contribution is 0.0263. The molecule has 7 heteroatoms. The summed E-state index contributed by atoms with van der Waals surface area (Å²) in [5.74, 6) is 0. The Bertz CT molecular complexity index is 367. The fourth-order valence-corrected chi connectivity index (χ4v) is 3.26. The zero-order valence-corrected chi connectivity index (χ0v) is 13.8. The molecule has 1 rings (SSSR count). The molecule has 0 aromatic heterocycles. The number of nitrogens with zero attached hydrogens (tertiary/aromatic N) is 1. The summed E-state index contributed by atoms with van der Waals surface area (Å²) in [6, 6.07) is 0. The van der Waals surface area contributed by atoms with Crippen molar-refractivity contribution >= 4 is 10.2 Å². The molecule has 2 N–H and O–H groups in total. The Hall–Kier alpha value is -0.210. The number of hydrogen-bond donors (Lipinski definition) is 2. The number of nitrogens with one attached hydrogen (secondary N) is 2. The minimum atomic E-state index is -3.37. The third-order valence-electron chi connectivity index (χ3n) is 3.87. The van der Waals surface area contributed by atoms with Crippen LogP contribution in [0.1, 0.15) is 33.1 Å². The van der Waals surface area contributed by atoms with Crippen LogP contribution in [-0.4, -0.2) is 59.2 Å². The lowest BCUT2D eigenvalue weighted by Gasteiger charge is -2.34. The highest BCUT2D eigenvalue weighted by molar-refractivity contribution is 7.87. The molecular formula is C13H29N3O3S. The lowest BCUT2D eigenvalue weighted by Crippen LogP contribution is -2.45. The standard InChI is InChI=1S/C13H29N3O3S/c1-4-14-8-5-9-16(3)20(17,18)15-12-13(2)6-10-19-11-7-13/h14-15H,4-12H2,1-3H3. The van der Waals surface area contributed by atoms with E-state index in [1.165, 1.54) is 4.31 Å². The Balaban J connectivity index is 2.36. The van der Waals surface area contributed by atoms with E-state index in [0.29, 0.717) is 13.1 Å². The molecule has 0 amide bonds. The second-order valence-corrected chi connectivity index (χ2v) is 7.64. The van der Waals surface area contributed by atoms with Crippen molar-refractivity contribution in [3.05, 3.63) is 0 Å². The van der Waals surface area contributed by atoms with Crippen LogP contribution in [0.25, 0.3) is 0 Å². The van der Waals surface area contributed by atoms with Crippen molar-refractivity contribution in [2.24, 2.45) is 5.41 Å². The van der Waals surface area contributed by atoms with Crippen molar-refractivity contribution < 1.29 is 13.2 Å². The van der Waals surface area contributed by atoms with Crippen LogP contribution in [0.5, 0.6) is 0 Å². The average molecular weight is 307 g/mol. The van der Waals surface area contributed by atoms with Crippen LogP contribution in [0.2, 0.25) is 0 Å². The molecule has 1 aliphatic rings. The van der Waals surface area contributed by atoms with E-state index in [4.69, 9.17) is 4.74 Å². The first kappa shape index (κ1) is 17.8. The van der Waals surface area contributed by atoms with Gasteiger partial charge in [-0.1, -0.05) is 13.8 Å². The Kier molecular flexibility index (Phi) is 7.39. The van der Waals surface area contributed by atoms with Gasteiger partial charge in [0, 0.05) is 33.4 Å². The molecule has 0 saturated carbocycles. The molecule has 6 nitrogen and oxygen atoms in total. The third-order valence-corrected chi connectivity index (χ3v) is 5.38. The number of rotatable bonds is 9. The normalized spacial score (nSPS) is 19.4. The van der Waals surface area contributed by atoms with Crippen LogP contribution >= 0.6 is 0 Å². The van der Waals surface area contributed by atoms with Crippen LogP contribution in [0.3, 0.4) is 0 Å². The summed E-state index contributed by atoms with van der Waals surface area (Å²) in [5.41, 5.74) is 0.00985. The van der Waals surface area contributed by atoms with E-state index >= 15 is 0 Å². The highest BCUT2D eigenvalue weighted by atomic mass is 32.2. The molecular weight excluding hydrogens is 278 g/mol. The van der Waals surface area contributed by atoms with Crippen molar-refractivity contribution in [2.75, 3.05) is 46.4 Å². The van der Waals surface area contributed by atoms with Gasteiger partial charge in [0.05, 0.1) is 0 Å². The molecule has 0 aromatic rings. The maximum absolute atomic E-state index is 12.1. The Morgan fingerprint density at radius 3 is 2.55 bits per heavy atom. The number of ether oxygens (including phenoxy) is 1. The first-order chi connectivity index (χ1) is 9.40. The molecule has 1 fully saturated rings. The molecule has 0 unspecified atom stereocenters. The fraction of sp³-hybridized carbons (Fsp3) is 1.00. The third kappa shape index (κ3) is 6.05. The van der Waals surface area contributed by atoms with Gasteiger partial charge >= 0.3 is 0 Å². The van der Waals surface area contributed by atoms with Gasteiger partial charge in [0.2, 0.25) is 0 Å². The second-order valence-electron chi connectivity index (χ2n) is 5.78. The van der Waals surface area contributed by atoms with E-state index in [0.717, 1.165) is 45.6 Å². The van der Waals surface area contributed by atoms with Crippen molar-refractivity contribution in [2.45, 2.75) is 33.1 Å². The zero-order chi connectivity index (χ0) is 15.1. The molecule has 0 aliphatic carbocycles. The molecule has 0 radical (unpaired) electrons. The maximum atomic E-state index is 12.1. The lowest BCUT2D eigenvalue weighted by atomic mass is 9.83. The summed E-state index contributed by atoms with van der Waals surface area (Å²) in [7, 11) is -1.74. The molecule has 0 aromatic carbocycles. The Morgan fingerprint density at radius 1 is 1.30 bits per heavy atom. The van der Waals surface area contributed by atoms with Crippen molar-refractivity contribution in [1.82, 2.24) is 14.3 Å². The minimum absolute atomic E-state index is 0.00985. The van der Waals surface area contributed by atoms with E-state index in [-0.39, 0.29) is 5.41 Å². The highest BCUT2D eigenvalue weighted by Crippen LogP contribution is 2.28. The summed E-state index contributed by atoms with van der Waals surface area (Å²) in [6.07, 6.45) is 2.62. The van der Waals surface area contributed by atoms with Crippen LogP contribution < -0.4 is 10.0 Å². The van der Waals surface area contributed by atoms with Gasteiger partial charge < -0.3 is 10.1 Å². The quantitative estimate of drug-likeness (QED) is 0.611. The van der Waals surface area contributed by atoms with Crippen LogP contribution in [0, 0.1) is 5.41 Å². The summed E-state index contributed by atoms with van der Waals surface area (Å²) in [5, 5.41) is 3.19. The predicted octanol–water partition coefficient (Wildman–Crippen LogP) is 0.569. The molecule has 120 valence electrons. The van der Waals surface area contributed by atoms with Crippen molar-refractivity contribution in [1.29, 1.82) is 0 Å². The van der Waals surface area contributed by atoms with Gasteiger partial charge in [-0.15, -0.1) is 0 Å². The van der Waals surface area contributed by atoms with Gasteiger partial charge in [0.25, 0.3) is 10.2 Å². The average Bonchev–Trinajstić information content (AvgIpc) is 2.42. The zero-order valence-electron chi connectivity index (χ0n) is 12.9. The van der Waals surface area contributed by atoms with Crippen LogP contribution in [0.4, 0.5) is 0 Å². The van der Waals surface area contributed by atoms with Gasteiger partial charge in [0.1, 0.15) is 0 Å². The largest absolute Gasteiger partial charge is 0.381 e. The van der Waals surface area contributed by atoms with Crippen molar-refractivity contribution in [3.63, 3.8) is 0 Å². The number of hydrogen-bond acceptors (Lipinski definition) is 4. The SMILES string of the molecule is CCNCCCN(C)S(=O)(=O)NCC1(C)CCOCC1. The van der Waals surface area contributed by atoms with Gasteiger partial charge in [-0.25, -0.2) is 4.72 Å². The highest BCUT2D eigenvalue weighted by Gasteiger charge is 2.29. The summed E-state index contributed by atoms with van der Waals surface area (Å²) >= 11 is 0. The first-order valence-corrected chi connectivity index (χ1v) is 8.83. The smallest absolute Gasteiger partial charge is 0.279 e. The van der Waals surface area contributed by atoms with Crippen LogP contribution in [0.15, 0.2) is 0 Å². The molecule has 0 atom stereocenters. The maximum Gasteiger partial charge on any atom is 0.279 e. The van der Waals surface area contributed by atoms with E-state index < -0.39 is 10.2 Å². The van der Waals surface area contributed by atoms with E-state index in [2.05, 4.69) is 17.0 Å². The Morgan fingerprint density at radius 2 is 1.95 bits per heavy atom. The Labute approximate surface area is 123 Å². The minimum Gasteiger partial charge on any atom is -0.381 e. The molecule has 0 spiro atoms. The monoisotopic (exact) mass is 307 g/mol. The molecule has 1 saturated heterocycles. The van der Waals surface area contributed by atoms with Crippen molar-refractivity contribution in [3.8, 4) is 0 Å². The molecule has 1 aliphatic heterocycles. The molecule has 20 heavy (non-hydrogen) atoms. The summed E-state index contributed by atoms with van der Waals surface area (Å²) in [4.78, 5) is 0. The second kappa shape index (κ2) is 8.29. The predicted molar refractivity (Wildman–Crippen MR) is 80.9 cm³/mol. The molecule has 1 heterocycles. The molecule has 0 bridgehead atoms. The summed E-state index contributed by atoms with van der Waals surface area (Å²) in [6.45, 7) is 8.35. The van der Waals surface area contributed by atoms with Gasteiger partial charge in [-0.3, -0.25) is 0 Å². The fourth-order valence-electron chi connectivity index (χ4n) is 2.14. The van der Waals surface area contributed by atoms with Gasteiger partial charge in [-0.2, -0.15) is 12.7 Å². The first-order valence-electron chi connectivity index (χ1n) is 7.39. The summed E-state index contributed by atoms with van der Waals surface area (Å²) < 4.78 is 33.7. The van der Waals surface area contributed by atoms with E-state index in [9.17, 15) is 8.42 Å². The topological polar surface area (TPSA) is 70.7 Å².